The molecule has 8 nitrogen and oxygen atoms in total. The first kappa shape index (κ1) is 14.9. The van der Waals surface area contributed by atoms with E-state index >= 15 is 0 Å². The van der Waals surface area contributed by atoms with Gasteiger partial charge in [-0.2, -0.15) is 9.40 Å². The number of nitrogens with two attached hydrogens (primary N) is 1. The van der Waals surface area contributed by atoms with E-state index in [4.69, 9.17) is 15.9 Å². The number of amidine groups is 1. The average molecular weight is 301 g/mol. The van der Waals surface area contributed by atoms with Gasteiger partial charge < -0.3 is 10.5 Å². The highest BCUT2D eigenvalue weighted by molar-refractivity contribution is 7.89. The maximum absolute atomic E-state index is 12.7. The van der Waals surface area contributed by atoms with Crippen LogP contribution in [0.3, 0.4) is 0 Å². The molecule has 1 aliphatic heterocycles. The molecule has 1 aromatic rings. The maximum atomic E-state index is 12.7. The van der Waals surface area contributed by atoms with Crippen LogP contribution in [0.5, 0.6) is 0 Å². The molecule has 0 spiro atoms. The first-order valence-electron chi connectivity index (χ1n) is 6.21. The van der Waals surface area contributed by atoms with E-state index in [1.54, 1.807) is 25.6 Å². The standard InChI is InChI=1S/C11H19N5O3S/c1-7-10(8(2)15(3)14-7)20(17,18)16-4-5-19-9(6-16)11(12)13/h9H,4-6H2,1-3H3,(H3,12,13). The molecular weight excluding hydrogens is 282 g/mol. The van der Waals surface area contributed by atoms with E-state index in [1.807, 2.05) is 0 Å². The van der Waals surface area contributed by atoms with Crippen LogP contribution in [0.2, 0.25) is 0 Å². The van der Waals surface area contributed by atoms with E-state index in [2.05, 4.69) is 5.10 Å². The van der Waals surface area contributed by atoms with Crippen molar-refractivity contribution in [3.8, 4) is 0 Å². The van der Waals surface area contributed by atoms with E-state index in [-0.39, 0.29) is 30.4 Å². The number of hydrogen-bond donors (Lipinski definition) is 2. The van der Waals surface area contributed by atoms with Crippen molar-refractivity contribution < 1.29 is 13.2 Å². The Labute approximate surface area is 118 Å². The number of aromatic nitrogens is 2. The summed E-state index contributed by atoms with van der Waals surface area (Å²) in [4.78, 5) is 0.226. The molecule has 20 heavy (non-hydrogen) atoms. The van der Waals surface area contributed by atoms with Crippen molar-refractivity contribution in [2.75, 3.05) is 19.7 Å². The van der Waals surface area contributed by atoms with Crippen LogP contribution >= 0.6 is 0 Å². The lowest BCUT2D eigenvalue weighted by molar-refractivity contribution is 0.0368. The molecule has 1 aliphatic rings. The van der Waals surface area contributed by atoms with Crippen molar-refractivity contribution in [3.05, 3.63) is 11.4 Å². The van der Waals surface area contributed by atoms with Crippen LogP contribution in [0.1, 0.15) is 11.4 Å². The number of nitrogens with one attached hydrogen (secondary N) is 1. The van der Waals surface area contributed by atoms with E-state index in [1.165, 1.54) is 4.31 Å². The lowest BCUT2D eigenvalue weighted by Gasteiger charge is -2.31. The minimum absolute atomic E-state index is 0.0610. The van der Waals surface area contributed by atoms with Crippen LogP contribution in [0, 0.1) is 19.3 Å². The molecule has 9 heteroatoms. The van der Waals surface area contributed by atoms with Gasteiger partial charge in [0, 0.05) is 20.1 Å². The van der Waals surface area contributed by atoms with Gasteiger partial charge >= 0.3 is 0 Å². The molecule has 112 valence electrons. The lowest BCUT2D eigenvalue weighted by Crippen LogP contribution is -2.50. The fourth-order valence-electron chi connectivity index (χ4n) is 2.29. The van der Waals surface area contributed by atoms with Gasteiger partial charge in [0.05, 0.1) is 18.0 Å². The zero-order valence-electron chi connectivity index (χ0n) is 11.8. The van der Waals surface area contributed by atoms with Crippen LogP contribution < -0.4 is 5.73 Å². The Morgan fingerprint density at radius 1 is 1.50 bits per heavy atom. The van der Waals surface area contributed by atoms with Gasteiger partial charge in [0.2, 0.25) is 10.0 Å². The van der Waals surface area contributed by atoms with Crippen LogP contribution in [0.4, 0.5) is 0 Å². The monoisotopic (exact) mass is 301 g/mol. The van der Waals surface area contributed by atoms with Crippen LogP contribution in [0.25, 0.3) is 0 Å². The molecule has 0 bridgehead atoms. The number of morpholine rings is 1. The summed E-state index contributed by atoms with van der Waals surface area (Å²) in [6, 6.07) is 0. The third kappa shape index (κ3) is 2.43. The number of aryl methyl sites for hydroxylation is 2. The number of ether oxygens (including phenoxy) is 1. The van der Waals surface area contributed by atoms with Crippen LogP contribution in [0.15, 0.2) is 4.90 Å². The highest BCUT2D eigenvalue weighted by Crippen LogP contribution is 2.24. The van der Waals surface area contributed by atoms with Crippen molar-refractivity contribution in [2.24, 2.45) is 12.8 Å². The molecule has 1 unspecified atom stereocenters. The van der Waals surface area contributed by atoms with Gasteiger partial charge in [-0.25, -0.2) is 8.42 Å². The predicted octanol–water partition coefficient (Wildman–Crippen LogP) is -0.638. The fourth-order valence-corrected chi connectivity index (χ4v) is 4.11. The minimum Gasteiger partial charge on any atom is -0.385 e. The normalized spacial score (nSPS) is 21.1. The van der Waals surface area contributed by atoms with Gasteiger partial charge in [-0.05, 0) is 13.8 Å². The van der Waals surface area contributed by atoms with Crippen molar-refractivity contribution in [2.45, 2.75) is 24.8 Å². The third-order valence-electron chi connectivity index (χ3n) is 3.42. The summed E-state index contributed by atoms with van der Waals surface area (Å²) in [5.41, 5.74) is 6.46. The van der Waals surface area contributed by atoms with Crippen molar-refractivity contribution in [1.29, 1.82) is 5.41 Å². The van der Waals surface area contributed by atoms with Gasteiger partial charge in [0.1, 0.15) is 16.8 Å². The molecule has 0 saturated carbocycles. The summed E-state index contributed by atoms with van der Waals surface area (Å²) in [5, 5.41) is 11.5. The van der Waals surface area contributed by atoms with Crippen molar-refractivity contribution >= 4 is 15.9 Å². The van der Waals surface area contributed by atoms with Crippen LogP contribution in [-0.2, 0) is 21.8 Å². The quantitative estimate of drug-likeness (QED) is 0.569. The Balaban J connectivity index is 2.37. The molecule has 1 fully saturated rings. The predicted molar refractivity (Wildman–Crippen MR) is 73.1 cm³/mol. The highest BCUT2D eigenvalue weighted by Gasteiger charge is 2.35. The van der Waals surface area contributed by atoms with E-state index in [9.17, 15) is 8.42 Å². The Morgan fingerprint density at radius 3 is 2.65 bits per heavy atom. The SMILES string of the molecule is Cc1nn(C)c(C)c1S(=O)(=O)N1CCOC(C(=N)N)C1. The number of rotatable bonds is 3. The topological polar surface area (TPSA) is 114 Å². The molecule has 1 aromatic heterocycles. The maximum Gasteiger partial charge on any atom is 0.246 e. The summed E-state index contributed by atoms with van der Waals surface area (Å²) in [5.74, 6) is -0.162. The van der Waals surface area contributed by atoms with E-state index < -0.39 is 16.1 Å². The first-order valence-corrected chi connectivity index (χ1v) is 7.65. The van der Waals surface area contributed by atoms with Crippen LogP contribution in [-0.4, -0.2) is 54.1 Å². The van der Waals surface area contributed by atoms with Gasteiger partial charge in [0.15, 0.2) is 0 Å². The van der Waals surface area contributed by atoms with Gasteiger partial charge in [-0.1, -0.05) is 0 Å². The fraction of sp³-hybridized carbons (Fsp3) is 0.636. The molecule has 0 amide bonds. The number of nitrogens with zero attached hydrogens (tertiary/aromatic N) is 3. The largest absolute Gasteiger partial charge is 0.385 e. The summed E-state index contributed by atoms with van der Waals surface area (Å²) in [7, 11) is -1.94. The Hall–Kier alpha value is -1.45. The number of hydrogen-bond acceptors (Lipinski definition) is 5. The second-order valence-corrected chi connectivity index (χ2v) is 6.68. The van der Waals surface area contributed by atoms with E-state index in [0.29, 0.717) is 11.4 Å². The zero-order valence-corrected chi connectivity index (χ0v) is 12.6. The smallest absolute Gasteiger partial charge is 0.246 e. The van der Waals surface area contributed by atoms with Crippen molar-refractivity contribution in [1.82, 2.24) is 14.1 Å². The third-order valence-corrected chi connectivity index (χ3v) is 5.53. The molecule has 1 saturated heterocycles. The Bertz CT molecular complexity index is 637. The minimum atomic E-state index is -3.65. The van der Waals surface area contributed by atoms with Gasteiger partial charge in [0.25, 0.3) is 0 Å². The molecule has 2 rings (SSSR count). The highest BCUT2D eigenvalue weighted by atomic mass is 32.2. The average Bonchev–Trinajstić information content (AvgIpc) is 2.63. The molecule has 0 radical (unpaired) electrons. The van der Waals surface area contributed by atoms with Gasteiger partial charge in [-0.15, -0.1) is 0 Å². The summed E-state index contributed by atoms with van der Waals surface area (Å²) in [6.07, 6.45) is -0.684. The summed E-state index contributed by atoms with van der Waals surface area (Å²) < 4.78 is 33.6. The lowest BCUT2D eigenvalue weighted by atomic mass is 10.3. The van der Waals surface area contributed by atoms with Gasteiger partial charge in [-0.3, -0.25) is 10.1 Å². The Kier molecular flexibility index (Phi) is 3.85. The molecule has 0 aromatic carbocycles. The first-order chi connectivity index (χ1) is 9.25. The number of sulfonamides is 1. The molecule has 0 aliphatic carbocycles. The molecule has 3 N–H and O–H groups in total. The van der Waals surface area contributed by atoms with E-state index in [0.717, 1.165) is 0 Å². The zero-order chi connectivity index (χ0) is 15.1. The Morgan fingerprint density at radius 2 is 2.15 bits per heavy atom. The second kappa shape index (κ2) is 5.15. The molecular formula is C11H19N5O3S. The van der Waals surface area contributed by atoms with Crippen molar-refractivity contribution in [3.63, 3.8) is 0 Å². The summed E-state index contributed by atoms with van der Waals surface area (Å²) in [6.45, 7) is 3.92. The molecule has 1 atom stereocenters. The molecule has 2 heterocycles. The second-order valence-electron chi connectivity index (χ2n) is 4.80. The summed E-state index contributed by atoms with van der Waals surface area (Å²) >= 11 is 0.